The highest BCUT2D eigenvalue weighted by molar-refractivity contribution is 4.82. The van der Waals surface area contributed by atoms with E-state index in [9.17, 15) is 0 Å². The molecule has 1 aliphatic carbocycles. The first-order chi connectivity index (χ1) is 7.66. The zero-order valence-corrected chi connectivity index (χ0v) is 11.1. The molecule has 16 heavy (non-hydrogen) atoms. The lowest BCUT2D eigenvalue weighted by atomic mass is 9.75. The molecular formula is C14H28N2. The van der Waals surface area contributed by atoms with E-state index in [1.165, 1.54) is 64.7 Å². The van der Waals surface area contributed by atoms with Crippen molar-refractivity contribution >= 4 is 0 Å². The Morgan fingerprint density at radius 1 is 1.12 bits per heavy atom. The Labute approximate surface area is 101 Å². The minimum Gasteiger partial charge on any atom is -0.313 e. The first kappa shape index (κ1) is 12.4. The predicted molar refractivity (Wildman–Crippen MR) is 69.7 cm³/mol. The van der Waals surface area contributed by atoms with Gasteiger partial charge < -0.3 is 10.2 Å². The lowest BCUT2D eigenvalue weighted by Crippen LogP contribution is -2.39. The fourth-order valence-corrected chi connectivity index (χ4v) is 3.04. The third-order valence-electron chi connectivity index (χ3n) is 4.40. The van der Waals surface area contributed by atoms with E-state index in [0.717, 1.165) is 6.04 Å². The van der Waals surface area contributed by atoms with Gasteiger partial charge in [-0.3, -0.25) is 0 Å². The van der Waals surface area contributed by atoms with Gasteiger partial charge in [0.1, 0.15) is 0 Å². The topological polar surface area (TPSA) is 15.3 Å². The number of nitrogens with one attached hydrogen (secondary N) is 1. The Morgan fingerprint density at radius 3 is 2.38 bits per heavy atom. The quantitative estimate of drug-likeness (QED) is 0.790. The van der Waals surface area contributed by atoms with Crippen LogP contribution in [0.5, 0.6) is 0 Å². The maximum atomic E-state index is 3.74. The first-order valence-electron chi connectivity index (χ1n) is 7.11. The zero-order chi connectivity index (χ0) is 11.4. The maximum absolute atomic E-state index is 3.74. The van der Waals surface area contributed by atoms with Crippen molar-refractivity contribution in [3.8, 4) is 0 Å². The van der Waals surface area contributed by atoms with E-state index >= 15 is 0 Å². The minimum atomic E-state index is 0.604. The molecule has 2 aliphatic rings. The molecule has 0 aromatic heterocycles. The molecule has 0 atom stereocenters. The molecule has 1 aliphatic heterocycles. The summed E-state index contributed by atoms with van der Waals surface area (Å²) in [5.41, 5.74) is 0.604. The van der Waals surface area contributed by atoms with Crippen LogP contribution in [0.2, 0.25) is 0 Å². The summed E-state index contributed by atoms with van der Waals surface area (Å²) < 4.78 is 0. The lowest BCUT2D eigenvalue weighted by molar-refractivity contribution is 0.202. The number of rotatable bonds is 4. The predicted octanol–water partition coefficient (Wildman–Crippen LogP) is 2.64. The van der Waals surface area contributed by atoms with Crippen LogP contribution in [0.4, 0.5) is 0 Å². The normalized spacial score (nSPS) is 27.4. The van der Waals surface area contributed by atoms with Gasteiger partial charge in [0.05, 0.1) is 0 Å². The molecule has 2 fully saturated rings. The largest absolute Gasteiger partial charge is 0.313 e. The Hall–Kier alpha value is -0.0800. The molecule has 0 amide bonds. The van der Waals surface area contributed by atoms with Crippen molar-refractivity contribution in [1.82, 2.24) is 10.2 Å². The van der Waals surface area contributed by atoms with Crippen LogP contribution < -0.4 is 5.32 Å². The summed E-state index contributed by atoms with van der Waals surface area (Å²) in [6, 6.07) is 0.802. The summed E-state index contributed by atoms with van der Waals surface area (Å²) in [4.78, 5) is 2.60. The van der Waals surface area contributed by atoms with E-state index in [2.05, 4.69) is 24.1 Å². The average Bonchev–Trinajstić information content (AvgIpc) is 2.73. The van der Waals surface area contributed by atoms with Crippen LogP contribution in [0.25, 0.3) is 0 Å². The minimum absolute atomic E-state index is 0.604. The Kier molecular flexibility index (Phi) is 4.26. The third kappa shape index (κ3) is 3.74. The smallest absolute Gasteiger partial charge is 0.0107 e. The van der Waals surface area contributed by atoms with Crippen molar-refractivity contribution < 1.29 is 0 Å². The van der Waals surface area contributed by atoms with E-state index in [1.807, 2.05) is 0 Å². The Balaban J connectivity index is 1.56. The van der Waals surface area contributed by atoms with Crippen LogP contribution >= 0.6 is 0 Å². The van der Waals surface area contributed by atoms with E-state index in [1.54, 1.807) is 0 Å². The van der Waals surface area contributed by atoms with Crippen molar-refractivity contribution in [1.29, 1.82) is 0 Å². The van der Waals surface area contributed by atoms with Gasteiger partial charge in [-0.1, -0.05) is 13.8 Å². The molecule has 2 heteroatoms. The molecule has 1 saturated carbocycles. The third-order valence-corrected chi connectivity index (χ3v) is 4.40. The van der Waals surface area contributed by atoms with Crippen LogP contribution in [0.15, 0.2) is 0 Å². The Bertz CT molecular complexity index is 197. The molecule has 1 N–H and O–H groups in total. The van der Waals surface area contributed by atoms with Crippen molar-refractivity contribution in [3.05, 3.63) is 0 Å². The van der Waals surface area contributed by atoms with Crippen LogP contribution in [-0.4, -0.2) is 37.1 Å². The average molecular weight is 224 g/mol. The van der Waals surface area contributed by atoms with Gasteiger partial charge >= 0.3 is 0 Å². The van der Waals surface area contributed by atoms with Gasteiger partial charge in [0.15, 0.2) is 0 Å². The second-order valence-electron chi connectivity index (χ2n) is 6.44. The second kappa shape index (κ2) is 5.50. The van der Waals surface area contributed by atoms with Crippen molar-refractivity contribution in [2.75, 3.05) is 26.2 Å². The molecule has 2 rings (SSSR count). The van der Waals surface area contributed by atoms with E-state index in [-0.39, 0.29) is 0 Å². The highest BCUT2D eigenvalue weighted by Gasteiger charge is 2.26. The molecular weight excluding hydrogens is 196 g/mol. The number of hydrogen-bond donors (Lipinski definition) is 1. The van der Waals surface area contributed by atoms with Crippen LogP contribution in [-0.2, 0) is 0 Å². The van der Waals surface area contributed by atoms with Crippen molar-refractivity contribution in [2.45, 2.75) is 58.4 Å². The Morgan fingerprint density at radius 2 is 1.75 bits per heavy atom. The molecule has 1 heterocycles. The molecule has 2 nitrogen and oxygen atoms in total. The van der Waals surface area contributed by atoms with Crippen molar-refractivity contribution in [2.24, 2.45) is 5.41 Å². The fourth-order valence-electron chi connectivity index (χ4n) is 3.04. The second-order valence-corrected chi connectivity index (χ2v) is 6.44. The lowest BCUT2D eigenvalue weighted by Gasteiger charge is -2.35. The fraction of sp³-hybridized carbons (Fsp3) is 1.00. The maximum Gasteiger partial charge on any atom is 0.0107 e. The van der Waals surface area contributed by atoms with Crippen LogP contribution in [0.3, 0.4) is 0 Å². The molecule has 0 radical (unpaired) electrons. The molecule has 0 spiro atoms. The van der Waals surface area contributed by atoms with Gasteiger partial charge in [-0.05, 0) is 57.0 Å². The van der Waals surface area contributed by atoms with E-state index in [0.29, 0.717) is 5.41 Å². The number of nitrogens with zero attached hydrogens (tertiary/aromatic N) is 1. The van der Waals surface area contributed by atoms with Gasteiger partial charge in [0.2, 0.25) is 0 Å². The summed E-state index contributed by atoms with van der Waals surface area (Å²) in [5.74, 6) is 0. The van der Waals surface area contributed by atoms with Gasteiger partial charge in [0.25, 0.3) is 0 Å². The molecule has 0 bridgehead atoms. The number of hydrogen-bond acceptors (Lipinski definition) is 2. The molecule has 1 saturated heterocycles. The summed E-state index contributed by atoms with van der Waals surface area (Å²) in [7, 11) is 0. The summed E-state index contributed by atoms with van der Waals surface area (Å²) in [5, 5.41) is 3.74. The van der Waals surface area contributed by atoms with E-state index < -0.39 is 0 Å². The van der Waals surface area contributed by atoms with Crippen LogP contribution in [0.1, 0.15) is 52.4 Å². The summed E-state index contributed by atoms with van der Waals surface area (Å²) in [6.07, 6.45) is 8.39. The molecule has 94 valence electrons. The van der Waals surface area contributed by atoms with Gasteiger partial charge in [-0.15, -0.1) is 0 Å². The standard InChI is InChI=1S/C14H28N2/c1-14(2)7-5-13(6-8-14)15-9-12-16-10-3-4-11-16/h13,15H,3-12H2,1-2H3. The summed E-state index contributed by atoms with van der Waals surface area (Å²) in [6.45, 7) is 9.95. The first-order valence-corrected chi connectivity index (χ1v) is 7.11. The number of likely N-dealkylation sites (tertiary alicyclic amines) is 1. The van der Waals surface area contributed by atoms with Crippen LogP contribution in [0, 0.1) is 5.41 Å². The monoisotopic (exact) mass is 224 g/mol. The highest BCUT2D eigenvalue weighted by atomic mass is 15.2. The van der Waals surface area contributed by atoms with Gasteiger partial charge in [-0.2, -0.15) is 0 Å². The van der Waals surface area contributed by atoms with Gasteiger partial charge in [-0.25, -0.2) is 0 Å². The van der Waals surface area contributed by atoms with Crippen molar-refractivity contribution in [3.63, 3.8) is 0 Å². The van der Waals surface area contributed by atoms with Gasteiger partial charge in [0, 0.05) is 19.1 Å². The highest BCUT2D eigenvalue weighted by Crippen LogP contribution is 2.34. The SMILES string of the molecule is CC1(C)CCC(NCCN2CCCC2)CC1. The van der Waals surface area contributed by atoms with E-state index in [4.69, 9.17) is 0 Å². The molecule has 0 aromatic rings. The molecule has 0 unspecified atom stereocenters. The molecule has 0 aromatic carbocycles. The summed E-state index contributed by atoms with van der Waals surface area (Å²) >= 11 is 0. The zero-order valence-electron chi connectivity index (χ0n) is 11.1.